The second-order valence-electron chi connectivity index (χ2n) is 4.66. The Hall–Kier alpha value is -1.71. The number of rotatable bonds is 3. The molecule has 0 amide bonds. The van der Waals surface area contributed by atoms with Crippen LogP contribution in [0.4, 0.5) is 0 Å². The zero-order valence-electron chi connectivity index (χ0n) is 10.5. The molecule has 1 aromatic rings. The van der Waals surface area contributed by atoms with Gasteiger partial charge in [-0.1, -0.05) is 0 Å². The van der Waals surface area contributed by atoms with Crippen LogP contribution < -0.4 is 14.2 Å². The number of carbonyl (C=O) groups is 1. The highest BCUT2D eigenvalue weighted by Gasteiger charge is 2.35. The van der Waals surface area contributed by atoms with Crippen molar-refractivity contribution in [2.75, 3.05) is 14.2 Å². The van der Waals surface area contributed by atoms with Gasteiger partial charge in [0, 0.05) is 18.1 Å². The van der Waals surface area contributed by atoms with E-state index in [1.807, 2.05) is 13.8 Å². The monoisotopic (exact) mass is 236 g/mol. The van der Waals surface area contributed by atoms with Crippen LogP contribution >= 0.6 is 0 Å². The van der Waals surface area contributed by atoms with Crippen molar-refractivity contribution in [1.82, 2.24) is 0 Å². The van der Waals surface area contributed by atoms with E-state index in [0.717, 1.165) is 18.3 Å². The third-order valence-corrected chi connectivity index (χ3v) is 2.88. The van der Waals surface area contributed by atoms with E-state index in [-0.39, 0.29) is 5.60 Å². The molecule has 0 spiro atoms. The smallest absolute Gasteiger partial charge is 0.157 e. The first-order valence-electron chi connectivity index (χ1n) is 5.44. The molecule has 0 saturated carbocycles. The van der Waals surface area contributed by atoms with Gasteiger partial charge in [-0.2, -0.15) is 0 Å². The molecule has 0 unspecified atom stereocenters. The highest BCUT2D eigenvalue weighted by molar-refractivity contribution is 5.86. The fourth-order valence-corrected chi connectivity index (χ4v) is 2.15. The third kappa shape index (κ3) is 1.84. The van der Waals surface area contributed by atoms with E-state index < -0.39 is 0 Å². The van der Waals surface area contributed by atoms with Gasteiger partial charge in [-0.05, 0) is 13.8 Å². The Balaban J connectivity index is 2.66. The van der Waals surface area contributed by atoms with Crippen LogP contribution in [0, 0.1) is 0 Å². The minimum absolute atomic E-state index is 0.320. The van der Waals surface area contributed by atoms with Gasteiger partial charge >= 0.3 is 0 Å². The van der Waals surface area contributed by atoms with Crippen LogP contribution in [0.1, 0.15) is 29.8 Å². The summed E-state index contributed by atoms with van der Waals surface area (Å²) in [4.78, 5) is 11.2. The Morgan fingerprint density at radius 1 is 1.29 bits per heavy atom. The van der Waals surface area contributed by atoms with Gasteiger partial charge in [0.25, 0.3) is 0 Å². The molecule has 0 aliphatic carbocycles. The lowest BCUT2D eigenvalue weighted by atomic mass is 9.99. The summed E-state index contributed by atoms with van der Waals surface area (Å²) in [7, 11) is 3.12. The number of hydrogen-bond acceptors (Lipinski definition) is 4. The van der Waals surface area contributed by atoms with Crippen LogP contribution in [0.2, 0.25) is 0 Å². The number of fused-ring (bicyclic) bond motifs is 1. The van der Waals surface area contributed by atoms with E-state index in [1.165, 1.54) is 7.11 Å². The van der Waals surface area contributed by atoms with Crippen LogP contribution in [0.15, 0.2) is 6.07 Å². The first kappa shape index (κ1) is 11.8. The first-order valence-corrected chi connectivity index (χ1v) is 5.44. The molecule has 4 heteroatoms. The van der Waals surface area contributed by atoms with Crippen molar-refractivity contribution in [2.24, 2.45) is 0 Å². The summed E-state index contributed by atoms with van der Waals surface area (Å²) in [5, 5.41) is 0. The van der Waals surface area contributed by atoms with Crippen LogP contribution in [0.5, 0.6) is 17.2 Å². The van der Waals surface area contributed by atoms with Crippen LogP contribution in [-0.4, -0.2) is 26.1 Å². The summed E-state index contributed by atoms with van der Waals surface area (Å²) >= 11 is 0. The largest absolute Gasteiger partial charge is 0.496 e. The van der Waals surface area contributed by atoms with Gasteiger partial charge in [-0.3, -0.25) is 4.79 Å². The van der Waals surface area contributed by atoms with Gasteiger partial charge in [0.15, 0.2) is 6.29 Å². The molecule has 2 rings (SSSR count). The van der Waals surface area contributed by atoms with Crippen molar-refractivity contribution in [3.05, 3.63) is 17.2 Å². The van der Waals surface area contributed by atoms with E-state index in [0.29, 0.717) is 22.8 Å². The standard InChI is InChI=1S/C13H16O4/c1-13(2)6-8-10(15-3)5-11(16-4)9(7-14)12(8)17-13/h5,7H,6H2,1-4H3. The van der Waals surface area contributed by atoms with E-state index in [4.69, 9.17) is 14.2 Å². The average Bonchev–Trinajstić information content (AvgIpc) is 2.61. The molecule has 92 valence electrons. The maximum Gasteiger partial charge on any atom is 0.157 e. The number of ether oxygens (including phenoxy) is 3. The Morgan fingerprint density at radius 2 is 1.94 bits per heavy atom. The molecule has 0 radical (unpaired) electrons. The number of methoxy groups -OCH3 is 2. The van der Waals surface area contributed by atoms with E-state index in [2.05, 4.69) is 0 Å². The number of benzene rings is 1. The quantitative estimate of drug-likeness (QED) is 0.755. The van der Waals surface area contributed by atoms with Gasteiger partial charge in [-0.15, -0.1) is 0 Å². The Labute approximate surface area is 100 Å². The predicted molar refractivity (Wildman–Crippen MR) is 63.3 cm³/mol. The minimum atomic E-state index is -0.320. The SMILES string of the molecule is COc1cc(OC)c2c(c1C=O)OC(C)(C)C2. The fourth-order valence-electron chi connectivity index (χ4n) is 2.15. The highest BCUT2D eigenvalue weighted by atomic mass is 16.5. The summed E-state index contributed by atoms with van der Waals surface area (Å²) in [6.45, 7) is 3.96. The summed E-state index contributed by atoms with van der Waals surface area (Å²) in [6, 6.07) is 1.73. The summed E-state index contributed by atoms with van der Waals surface area (Å²) in [6.07, 6.45) is 1.48. The molecular formula is C13H16O4. The molecule has 0 atom stereocenters. The van der Waals surface area contributed by atoms with Gasteiger partial charge in [0.05, 0.1) is 19.8 Å². The lowest BCUT2D eigenvalue weighted by molar-refractivity contribution is 0.110. The Morgan fingerprint density at radius 3 is 2.47 bits per heavy atom. The van der Waals surface area contributed by atoms with Gasteiger partial charge in [-0.25, -0.2) is 0 Å². The van der Waals surface area contributed by atoms with Crippen molar-refractivity contribution in [2.45, 2.75) is 25.9 Å². The molecule has 0 bridgehead atoms. The van der Waals surface area contributed by atoms with Crippen molar-refractivity contribution in [3.63, 3.8) is 0 Å². The van der Waals surface area contributed by atoms with E-state index >= 15 is 0 Å². The van der Waals surface area contributed by atoms with E-state index in [9.17, 15) is 4.79 Å². The zero-order chi connectivity index (χ0) is 12.6. The third-order valence-electron chi connectivity index (χ3n) is 2.88. The first-order chi connectivity index (χ1) is 8.02. The molecule has 1 aliphatic heterocycles. The lowest BCUT2D eigenvalue weighted by Gasteiger charge is -2.17. The number of hydrogen-bond donors (Lipinski definition) is 0. The van der Waals surface area contributed by atoms with Gasteiger partial charge in [0.2, 0.25) is 0 Å². The molecule has 1 heterocycles. The molecule has 4 nitrogen and oxygen atoms in total. The van der Waals surface area contributed by atoms with Crippen molar-refractivity contribution in [3.8, 4) is 17.2 Å². The Kier molecular flexibility index (Phi) is 2.73. The molecule has 0 N–H and O–H groups in total. The van der Waals surface area contributed by atoms with Crippen molar-refractivity contribution >= 4 is 6.29 Å². The van der Waals surface area contributed by atoms with Crippen molar-refractivity contribution < 1.29 is 19.0 Å². The highest BCUT2D eigenvalue weighted by Crippen LogP contribution is 2.46. The zero-order valence-corrected chi connectivity index (χ0v) is 10.5. The van der Waals surface area contributed by atoms with Crippen LogP contribution in [0.3, 0.4) is 0 Å². The maximum atomic E-state index is 11.2. The normalized spacial score (nSPS) is 16.0. The molecule has 0 aromatic heterocycles. The van der Waals surface area contributed by atoms with Crippen LogP contribution in [-0.2, 0) is 6.42 Å². The van der Waals surface area contributed by atoms with Crippen LogP contribution in [0.25, 0.3) is 0 Å². The second-order valence-corrected chi connectivity index (χ2v) is 4.66. The molecule has 1 aromatic carbocycles. The molecule has 1 aliphatic rings. The van der Waals surface area contributed by atoms with Crippen molar-refractivity contribution in [1.29, 1.82) is 0 Å². The lowest BCUT2D eigenvalue weighted by Crippen LogP contribution is -2.25. The molecule has 0 fully saturated rings. The van der Waals surface area contributed by atoms with E-state index in [1.54, 1.807) is 13.2 Å². The molecular weight excluding hydrogens is 220 g/mol. The molecule has 17 heavy (non-hydrogen) atoms. The summed E-state index contributed by atoms with van der Waals surface area (Å²) < 4.78 is 16.3. The number of aldehydes is 1. The average molecular weight is 236 g/mol. The maximum absolute atomic E-state index is 11.2. The predicted octanol–water partition coefficient (Wildman–Crippen LogP) is 2.23. The minimum Gasteiger partial charge on any atom is -0.496 e. The molecule has 0 saturated heterocycles. The Bertz CT molecular complexity index is 463. The second kappa shape index (κ2) is 3.95. The topological polar surface area (TPSA) is 44.8 Å². The van der Waals surface area contributed by atoms with Gasteiger partial charge < -0.3 is 14.2 Å². The summed E-state index contributed by atoms with van der Waals surface area (Å²) in [5.74, 6) is 1.77. The number of carbonyl (C=O) groups excluding carboxylic acids is 1. The fraction of sp³-hybridized carbons (Fsp3) is 0.462. The summed E-state index contributed by atoms with van der Waals surface area (Å²) in [5.41, 5.74) is 1.06. The van der Waals surface area contributed by atoms with Gasteiger partial charge in [0.1, 0.15) is 22.8 Å².